The van der Waals surface area contributed by atoms with Crippen molar-refractivity contribution in [3.8, 4) is 0 Å². The lowest BCUT2D eigenvalue weighted by atomic mass is 10.1. The predicted molar refractivity (Wildman–Crippen MR) is 82.8 cm³/mol. The van der Waals surface area contributed by atoms with Gasteiger partial charge in [-0.1, -0.05) is 0 Å². The van der Waals surface area contributed by atoms with Crippen molar-refractivity contribution in [2.45, 2.75) is 17.2 Å². The van der Waals surface area contributed by atoms with E-state index in [0.717, 1.165) is 3.79 Å². The van der Waals surface area contributed by atoms with Crippen LogP contribution in [0.2, 0.25) is 0 Å². The van der Waals surface area contributed by atoms with E-state index in [0.29, 0.717) is 28.4 Å². The molecule has 0 amide bonds. The van der Waals surface area contributed by atoms with Crippen molar-refractivity contribution in [3.05, 3.63) is 43.9 Å². The molecule has 3 heterocycles. The molecule has 0 saturated carbocycles. The highest BCUT2D eigenvalue weighted by molar-refractivity contribution is 9.11. The number of hydrogen-bond acceptors (Lipinski definition) is 5. The van der Waals surface area contributed by atoms with Gasteiger partial charge in [0.05, 0.1) is 22.4 Å². The monoisotopic (exact) mass is 389 g/mol. The van der Waals surface area contributed by atoms with Gasteiger partial charge >= 0.3 is 0 Å². The van der Waals surface area contributed by atoms with Crippen molar-refractivity contribution in [2.75, 3.05) is 6.54 Å². The molecule has 0 spiro atoms. The SMILES string of the molecule is Cn1cnc2c(c1=O)CCN(S(=O)(=O)c1ccc(Br)s1)C2. The third-order valence-corrected chi connectivity index (χ3v) is 7.33. The third kappa shape index (κ3) is 2.59. The molecule has 3 rings (SSSR count). The third-order valence-electron chi connectivity index (χ3n) is 3.39. The number of nitrogens with zero attached hydrogens (tertiary/aromatic N) is 3. The van der Waals surface area contributed by atoms with Crippen LogP contribution in [0.3, 0.4) is 0 Å². The molecule has 1 aliphatic rings. The van der Waals surface area contributed by atoms with Gasteiger partial charge in [-0.05, 0) is 34.5 Å². The first kappa shape index (κ1) is 14.9. The molecular formula is C12H12BrN3O3S2. The molecule has 0 atom stereocenters. The highest BCUT2D eigenvalue weighted by atomic mass is 79.9. The molecule has 6 nitrogen and oxygen atoms in total. The van der Waals surface area contributed by atoms with Gasteiger partial charge in [0.25, 0.3) is 15.6 Å². The van der Waals surface area contributed by atoms with Crippen LogP contribution in [0, 0.1) is 0 Å². The second kappa shape index (κ2) is 5.31. The molecule has 0 fully saturated rings. The molecule has 0 aliphatic carbocycles. The fraction of sp³-hybridized carbons (Fsp3) is 0.333. The van der Waals surface area contributed by atoms with E-state index in [2.05, 4.69) is 20.9 Å². The molecule has 21 heavy (non-hydrogen) atoms. The summed E-state index contributed by atoms with van der Waals surface area (Å²) in [4.78, 5) is 16.2. The Balaban J connectivity index is 1.97. The van der Waals surface area contributed by atoms with Gasteiger partial charge in [-0.3, -0.25) is 4.79 Å². The molecule has 112 valence electrons. The summed E-state index contributed by atoms with van der Waals surface area (Å²) in [6, 6.07) is 3.29. The lowest BCUT2D eigenvalue weighted by molar-refractivity contribution is 0.383. The van der Waals surface area contributed by atoms with E-state index in [1.165, 1.54) is 26.5 Å². The Morgan fingerprint density at radius 1 is 1.38 bits per heavy atom. The molecule has 0 aromatic carbocycles. The summed E-state index contributed by atoms with van der Waals surface area (Å²) in [7, 11) is -1.89. The fourth-order valence-corrected chi connectivity index (χ4v) is 5.83. The molecule has 1 aliphatic heterocycles. The van der Waals surface area contributed by atoms with E-state index in [-0.39, 0.29) is 12.1 Å². The quantitative estimate of drug-likeness (QED) is 0.776. The van der Waals surface area contributed by atoms with Crippen molar-refractivity contribution >= 4 is 37.3 Å². The lowest BCUT2D eigenvalue weighted by Gasteiger charge is -2.26. The molecule has 2 aromatic heterocycles. The van der Waals surface area contributed by atoms with E-state index in [1.807, 2.05) is 0 Å². The van der Waals surface area contributed by atoms with E-state index in [4.69, 9.17) is 0 Å². The summed E-state index contributed by atoms with van der Waals surface area (Å²) in [5.74, 6) is 0. The topological polar surface area (TPSA) is 72.3 Å². The fourth-order valence-electron chi connectivity index (χ4n) is 2.26. The normalized spacial score (nSPS) is 15.9. The molecule has 0 radical (unpaired) electrons. The predicted octanol–water partition coefficient (Wildman–Crippen LogP) is 1.35. The van der Waals surface area contributed by atoms with E-state index < -0.39 is 10.0 Å². The maximum absolute atomic E-state index is 12.6. The highest BCUT2D eigenvalue weighted by Crippen LogP contribution is 2.30. The first-order chi connectivity index (χ1) is 9.89. The molecule has 2 aromatic rings. The van der Waals surface area contributed by atoms with Gasteiger partial charge in [-0.2, -0.15) is 4.31 Å². The second-order valence-electron chi connectivity index (χ2n) is 4.73. The summed E-state index contributed by atoms with van der Waals surface area (Å²) in [5, 5.41) is 0. The first-order valence-electron chi connectivity index (χ1n) is 6.18. The number of fused-ring (bicyclic) bond motifs is 1. The maximum atomic E-state index is 12.6. The minimum absolute atomic E-state index is 0.101. The smallest absolute Gasteiger partial charge is 0.256 e. The maximum Gasteiger partial charge on any atom is 0.256 e. The molecule has 0 unspecified atom stereocenters. The number of aryl methyl sites for hydroxylation is 1. The average molecular weight is 390 g/mol. The molecule has 0 bridgehead atoms. The van der Waals surface area contributed by atoms with Crippen LogP contribution < -0.4 is 5.56 Å². The number of halogens is 1. The summed E-state index contributed by atoms with van der Waals surface area (Å²) >= 11 is 4.45. The largest absolute Gasteiger partial charge is 0.302 e. The number of sulfonamides is 1. The van der Waals surface area contributed by atoms with E-state index in [9.17, 15) is 13.2 Å². The van der Waals surface area contributed by atoms with E-state index in [1.54, 1.807) is 19.2 Å². The van der Waals surface area contributed by atoms with Crippen molar-refractivity contribution < 1.29 is 8.42 Å². The molecule has 0 N–H and O–H groups in total. The van der Waals surface area contributed by atoms with Gasteiger partial charge in [-0.15, -0.1) is 11.3 Å². The van der Waals surface area contributed by atoms with Gasteiger partial charge < -0.3 is 4.57 Å². The van der Waals surface area contributed by atoms with Crippen LogP contribution in [0.4, 0.5) is 0 Å². The van der Waals surface area contributed by atoms with Crippen molar-refractivity contribution in [1.29, 1.82) is 0 Å². The Morgan fingerprint density at radius 2 is 2.14 bits per heavy atom. The van der Waals surface area contributed by atoms with Gasteiger partial charge in [0.2, 0.25) is 0 Å². The van der Waals surface area contributed by atoms with Gasteiger partial charge in [0.1, 0.15) is 4.21 Å². The lowest BCUT2D eigenvalue weighted by Crippen LogP contribution is -2.39. The van der Waals surface area contributed by atoms with Gasteiger partial charge in [-0.25, -0.2) is 13.4 Å². The number of hydrogen-bond donors (Lipinski definition) is 0. The molecule has 0 saturated heterocycles. The van der Waals surface area contributed by atoms with Crippen LogP contribution in [-0.2, 0) is 30.0 Å². The summed E-state index contributed by atoms with van der Waals surface area (Å²) in [6.07, 6.45) is 1.82. The molecule has 9 heteroatoms. The Bertz CT molecular complexity index is 857. The second-order valence-corrected chi connectivity index (χ2v) is 9.36. The zero-order valence-electron chi connectivity index (χ0n) is 11.1. The molecular weight excluding hydrogens is 378 g/mol. The van der Waals surface area contributed by atoms with Crippen molar-refractivity contribution in [3.63, 3.8) is 0 Å². The van der Waals surface area contributed by atoms with Crippen molar-refractivity contribution in [2.24, 2.45) is 7.05 Å². The number of rotatable bonds is 2. The van der Waals surface area contributed by atoms with Crippen LogP contribution >= 0.6 is 27.3 Å². The minimum Gasteiger partial charge on any atom is -0.302 e. The van der Waals surface area contributed by atoms with Gasteiger partial charge in [0.15, 0.2) is 0 Å². The van der Waals surface area contributed by atoms with Crippen LogP contribution in [0.15, 0.2) is 31.3 Å². The number of aromatic nitrogens is 2. The summed E-state index contributed by atoms with van der Waals surface area (Å²) in [5.41, 5.74) is 1.05. The Hall–Kier alpha value is -1.03. The Labute approximate surface area is 134 Å². The summed E-state index contributed by atoms with van der Waals surface area (Å²) in [6.45, 7) is 0.440. The Morgan fingerprint density at radius 3 is 2.81 bits per heavy atom. The summed E-state index contributed by atoms with van der Waals surface area (Å²) < 4.78 is 29.0. The van der Waals surface area contributed by atoms with Crippen LogP contribution in [0.1, 0.15) is 11.3 Å². The zero-order chi connectivity index (χ0) is 15.2. The Kier molecular flexibility index (Phi) is 3.76. The highest BCUT2D eigenvalue weighted by Gasteiger charge is 2.31. The van der Waals surface area contributed by atoms with Crippen molar-refractivity contribution in [1.82, 2.24) is 13.9 Å². The van der Waals surface area contributed by atoms with E-state index >= 15 is 0 Å². The van der Waals surface area contributed by atoms with Gasteiger partial charge in [0, 0.05) is 19.2 Å². The van der Waals surface area contributed by atoms with Crippen LogP contribution in [-0.4, -0.2) is 28.8 Å². The van der Waals surface area contributed by atoms with Crippen LogP contribution in [0.25, 0.3) is 0 Å². The first-order valence-corrected chi connectivity index (χ1v) is 9.23. The number of thiophene rings is 1. The standard InChI is InChI=1S/C12H12BrN3O3S2/c1-15-7-14-9-6-16(5-4-8(9)12(15)17)21(18,19)11-3-2-10(13)20-11/h2-3,7H,4-6H2,1H3. The zero-order valence-corrected chi connectivity index (χ0v) is 14.3. The minimum atomic E-state index is -3.53. The van der Waals surface area contributed by atoms with Crippen LogP contribution in [0.5, 0.6) is 0 Å². The average Bonchev–Trinajstić information content (AvgIpc) is 2.90.